The normalized spacial score (nSPS) is 11.5. The molecule has 0 saturated heterocycles. The van der Waals surface area contributed by atoms with Crippen molar-refractivity contribution in [3.05, 3.63) is 40.4 Å². The van der Waals surface area contributed by atoms with E-state index < -0.39 is 0 Å². The predicted octanol–water partition coefficient (Wildman–Crippen LogP) is 3.95. The van der Waals surface area contributed by atoms with E-state index in [0.29, 0.717) is 11.6 Å². The van der Waals surface area contributed by atoms with E-state index in [9.17, 15) is 0 Å². The Kier molecular flexibility index (Phi) is 4.85. The van der Waals surface area contributed by atoms with Crippen LogP contribution in [0.25, 0.3) is 0 Å². The van der Waals surface area contributed by atoms with Gasteiger partial charge in [0.15, 0.2) is 0 Å². The fourth-order valence-corrected chi connectivity index (χ4v) is 1.12. The summed E-state index contributed by atoms with van der Waals surface area (Å²) in [5, 5.41) is 0.492. The number of benzene rings is 1. The molecule has 0 heterocycles. The van der Waals surface area contributed by atoms with Gasteiger partial charge in [-0.1, -0.05) is 42.3 Å². The van der Waals surface area contributed by atoms with E-state index in [2.05, 4.69) is 6.92 Å². The van der Waals surface area contributed by atoms with Crippen LogP contribution in [0.1, 0.15) is 12.5 Å². The van der Waals surface area contributed by atoms with E-state index in [1.54, 1.807) is 0 Å². The van der Waals surface area contributed by atoms with Gasteiger partial charge >= 0.3 is 0 Å². The summed E-state index contributed by atoms with van der Waals surface area (Å²) in [5.74, 6) is 0.805. The van der Waals surface area contributed by atoms with Crippen molar-refractivity contribution in [3.63, 3.8) is 0 Å². The maximum atomic E-state index is 5.68. The van der Waals surface area contributed by atoms with Crippen LogP contribution < -0.4 is 4.74 Å². The summed E-state index contributed by atoms with van der Waals surface area (Å²) >= 11 is 11.1. The van der Waals surface area contributed by atoms with Crippen molar-refractivity contribution in [2.75, 3.05) is 6.61 Å². The standard InChI is InChI=1S/C11H12Cl2O/c1-2-9-3-5-11(6-4-9)14-8-10(13)7-12/h3-7H,2,8H2,1H3. The molecule has 0 aromatic heterocycles. The van der Waals surface area contributed by atoms with Crippen molar-refractivity contribution in [2.24, 2.45) is 0 Å². The first-order valence-electron chi connectivity index (χ1n) is 4.42. The van der Waals surface area contributed by atoms with Gasteiger partial charge in [0.05, 0.1) is 5.03 Å². The highest BCUT2D eigenvalue weighted by molar-refractivity contribution is 6.36. The molecule has 1 aromatic carbocycles. The molecule has 0 fully saturated rings. The highest BCUT2D eigenvalue weighted by Crippen LogP contribution is 2.14. The summed E-state index contributed by atoms with van der Waals surface area (Å²) in [5.41, 5.74) is 2.60. The monoisotopic (exact) mass is 230 g/mol. The van der Waals surface area contributed by atoms with Crippen molar-refractivity contribution in [1.82, 2.24) is 0 Å². The summed E-state index contributed by atoms with van der Waals surface area (Å²) < 4.78 is 5.37. The van der Waals surface area contributed by atoms with Gasteiger partial charge in [-0.15, -0.1) is 0 Å². The van der Waals surface area contributed by atoms with Crippen LogP contribution >= 0.6 is 23.2 Å². The molecule has 0 spiro atoms. The molecule has 1 rings (SSSR count). The molecule has 0 amide bonds. The van der Waals surface area contributed by atoms with Crippen LogP contribution in [0.2, 0.25) is 0 Å². The lowest BCUT2D eigenvalue weighted by atomic mass is 10.2. The zero-order chi connectivity index (χ0) is 10.4. The minimum Gasteiger partial charge on any atom is -0.488 e. The maximum absolute atomic E-state index is 5.68. The van der Waals surface area contributed by atoms with E-state index in [-0.39, 0.29) is 0 Å². The lowest BCUT2D eigenvalue weighted by Gasteiger charge is -2.05. The highest BCUT2D eigenvalue weighted by Gasteiger charge is 1.95. The van der Waals surface area contributed by atoms with Crippen LogP contribution in [0.4, 0.5) is 0 Å². The lowest BCUT2D eigenvalue weighted by molar-refractivity contribution is 0.359. The average Bonchev–Trinajstić information content (AvgIpc) is 2.26. The van der Waals surface area contributed by atoms with Gasteiger partial charge in [-0.3, -0.25) is 0 Å². The molecule has 76 valence electrons. The third-order valence-corrected chi connectivity index (χ3v) is 2.42. The minimum atomic E-state index is 0.316. The van der Waals surface area contributed by atoms with Gasteiger partial charge in [0.2, 0.25) is 0 Å². The molecule has 3 heteroatoms. The summed E-state index contributed by atoms with van der Waals surface area (Å²) in [7, 11) is 0. The number of halogens is 2. The SMILES string of the molecule is CCc1ccc(OCC(Cl)=CCl)cc1. The molecule has 0 aliphatic heterocycles. The van der Waals surface area contributed by atoms with Crippen molar-refractivity contribution in [2.45, 2.75) is 13.3 Å². The second-order valence-corrected chi connectivity index (χ2v) is 3.55. The molecule has 1 aromatic rings. The number of hydrogen-bond acceptors (Lipinski definition) is 1. The molecular formula is C11H12Cl2O. The molecule has 0 N–H and O–H groups in total. The molecule has 0 radical (unpaired) electrons. The number of ether oxygens (including phenoxy) is 1. The quantitative estimate of drug-likeness (QED) is 0.762. The van der Waals surface area contributed by atoms with Crippen molar-refractivity contribution < 1.29 is 4.74 Å². The van der Waals surface area contributed by atoms with Gasteiger partial charge in [0, 0.05) is 5.54 Å². The summed E-state index contributed by atoms with van der Waals surface area (Å²) in [6, 6.07) is 7.93. The van der Waals surface area contributed by atoms with Crippen LogP contribution in [0.3, 0.4) is 0 Å². The molecule has 0 bridgehead atoms. The van der Waals surface area contributed by atoms with Crippen molar-refractivity contribution in [1.29, 1.82) is 0 Å². The van der Waals surface area contributed by atoms with Gasteiger partial charge in [-0.05, 0) is 24.1 Å². The molecule has 0 aliphatic carbocycles. The Labute approximate surface area is 94.3 Å². The van der Waals surface area contributed by atoms with E-state index in [1.165, 1.54) is 11.1 Å². The van der Waals surface area contributed by atoms with Gasteiger partial charge in [-0.25, -0.2) is 0 Å². The molecule has 1 nitrogen and oxygen atoms in total. The van der Waals surface area contributed by atoms with Gasteiger partial charge in [0.25, 0.3) is 0 Å². The predicted molar refractivity (Wildman–Crippen MR) is 61.1 cm³/mol. The topological polar surface area (TPSA) is 9.23 Å². The molecule has 0 saturated carbocycles. The van der Waals surface area contributed by atoms with Crippen LogP contribution in [0.5, 0.6) is 5.75 Å². The van der Waals surface area contributed by atoms with E-state index in [1.807, 2.05) is 24.3 Å². The molecular weight excluding hydrogens is 219 g/mol. The number of rotatable bonds is 4. The Hall–Kier alpha value is -0.660. The van der Waals surface area contributed by atoms with Crippen LogP contribution in [-0.4, -0.2) is 6.61 Å². The van der Waals surface area contributed by atoms with Crippen molar-refractivity contribution >= 4 is 23.2 Å². The molecule has 0 aliphatic rings. The van der Waals surface area contributed by atoms with E-state index >= 15 is 0 Å². The van der Waals surface area contributed by atoms with Crippen molar-refractivity contribution in [3.8, 4) is 5.75 Å². The largest absolute Gasteiger partial charge is 0.488 e. The lowest BCUT2D eigenvalue weighted by Crippen LogP contribution is -1.96. The Bertz CT molecular complexity index is 304. The highest BCUT2D eigenvalue weighted by atomic mass is 35.5. The molecule has 0 atom stereocenters. The second-order valence-electron chi connectivity index (χ2n) is 2.84. The molecule has 0 unspecified atom stereocenters. The van der Waals surface area contributed by atoms with Gasteiger partial charge in [-0.2, -0.15) is 0 Å². The zero-order valence-electron chi connectivity index (χ0n) is 7.97. The third kappa shape index (κ3) is 3.60. The first kappa shape index (κ1) is 11.4. The second kappa shape index (κ2) is 5.94. The van der Waals surface area contributed by atoms with Crippen LogP contribution in [0.15, 0.2) is 34.8 Å². The zero-order valence-corrected chi connectivity index (χ0v) is 9.48. The summed E-state index contributed by atoms with van der Waals surface area (Å²) in [4.78, 5) is 0. The number of hydrogen-bond donors (Lipinski definition) is 0. The number of aryl methyl sites for hydroxylation is 1. The fourth-order valence-electron chi connectivity index (χ4n) is 1.01. The average molecular weight is 231 g/mol. The van der Waals surface area contributed by atoms with Gasteiger partial charge in [0.1, 0.15) is 12.4 Å². The maximum Gasteiger partial charge on any atom is 0.125 e. The first-order chi connectivity index (χ1) is 6.76. The Morgan fingerprint density at radius 1 is 1.36 bits per heavy atom. The van der Waals surface area contributed by atoms with E-state index in [0.717, 1.165) is 12.2 Å². The molecule has 14 heavy (non-hydrogen) atoms. The minimum absolute atomic E-state index is 0.316. The first-order valence-corrected chi connectivity index (χ1v) is 5.24. The fraction of sp³-hybridized carbons (Fsp3) is 0.273. The Morgan fingerprint density at radius 3 is 2.50 bits per heavy atom. The van der Waals surface area contributed by atoms with Gasteiger partial charge < -0.3 is 4.74 Å². The Morgan fingerprint density at radius 2 is 2.00 bits per heavy atom. The Balaban J connectivity index is 2.52. The summed E-state index contributed by atoms with van der Waals surface area (Å²) in [6.07, 6.45) is 1.03. The van der Waals surface area contributed by atoms with E-state index in [4.69, 9.17) is 27.9 Å². The third-order valence-electron chi connectivity index (χ3n) is 1.83. The van der Waals surface area contributed by atoms with Crippen LogP contribution in [-0.2, 0) is 6.42 Å². The van der Waals surface area contributed by atoms with Crippen LogP contribution in [0, 0.1) is 0 Å². The summed E-state index contributed by atoms with van der Waals surface area (Å²) in [6.45, 7) is 2.43. The smallest absolute Gasteiger partial charge is 0.125 e.